The van der Waals surface area contributed by atoms with E-state index in [9.17, 15) is 13.2 Å². The van der Waals surface area contributed by atoms with Crippen LogP contribution in [0.5, 0.6) is 0 Å². The second-order valence-corrected chi connectivity index (χ2v) is 3.36. The fourth-order valence-electron chi connectivity index (χ4n) is 1.21. The van der Waals surface area contributed by atoms with Crippen molar-refractivity contribution in [3.05, 3.63) is 0 Å². The smallest absolute Gasteiger partial charge is 0.246 e. The van der Waals surface area contributed by atoms with E-state index < -0.39 is 12.6 Å². The highest BCUT2D eigenvalue weighted by Gasteiger charge is 2.25. The first kappa shape index (κ1) is 14.2. The van der Waals surface area contributed by atoms with Crippen molar-refractivity contribution in [1.82, 2.24) is 5.53 Å². The van der Waals surface area contributed by atoms with Crippen LogP contribution in [0.3, 0.4) is 0 Å². The van der Waals surface area contributed by atoms with Crippen LogP contribution in [0.2, 0.25) is 0 Å². The number of rotatable bonds is 8. The van der Waals surface area contributed by atoms with E-state index in [-0.39, 0.29) is 6.42 Å². The van der Waals surface area contributed by atoms with Gasteiger partial charge in [0, 0.05) is 12.6 Å². The van der Waals surface area contributed by atoms with Gasteiger partial charge in [-0.15, -0.1) is 0 Å². The summed E-state index contributed by atoms with van der Waals surface area (Å²) in [7, 11) is 0. The minimum atomic E-state index is -4.00. The summed E-state index contributed by atoms with van der Waals surface area (Å²) in [5.41, 5.74) is 2.14. The first-order valence-electron chi connectivity index (χ1n) is 5.10. The minimum Gasteiger partial charge on any atom is -0.246 e. The van der Waals surface area contributed by atoms with Crippen LogP contribution < -0.4 is 11.4 Å². The SMILES string of the molecule is NN/N=C/CCCCCCCC(F)(F)F. The molecule has 0 aromatic rings. The highest BCUT2D eigenvalue weighted by Crippen LogP contribution is 2.22. The van der Waals surface area contributed by atoms with Crippen molar-refractivity contribution in [2.45, 2.75) is 51.1 Å². The first-order chi connectivity index (χ1) is 7.06. The van der Waals surface area contributed by atoms with Gasteiger partial charge in [0.15, 0.2) is 0 Å². The van der Waals surface area contributed by atoms with Crippen molar-refractivity contribution >= 4 is 6.21 Å². The lowest BCUT2D eigenvalue weighted by Crippen LogP contribution is -2.13. The minimum absolute atomic E-state index is 0.238. The molecule has 0 saturated carbocycles. The number of nitrogens with one attached hydrogen (secondary N) is 1. The molecule has 0 bridgehead atoms. The van der Waals surface area contributed by atoms with Crippen molar-refractivity contribution < 1.29 is 13.2 Å². The molecule has 0 aliphatic carbocycles. The molecule has 15 heavy (non-hydrogen) atoms. The maximum atomic E-state index is 11.7. The quantitative estimate of drug-likeness (QED) is 0.289. The van der Waals surface area contributed by atoms with Crippen LogP contribution in [0.15, 0.2) is 5.10 Å². The predicted molar refractivity (Wildman–Crippen MR) is 54.2 cm³/mol. The third kappa shape index (κ3) is 13.2. The van der Waals surface area contributed by atoms with Crippen molar-refractivity contribution in [1.29, 1.82) is 0 Å². The molecule has 0 fully saturated rings. The van der Waals surface area contributed by atoms with Gasteiger partial charge in [0.2, 0.25) is 0 Å². The molecule has 0 saturated heterocycles. The van der Waals surface area contributed by atoms with Gasteiger partial charge in [-0.3, -0.25) is 0 Å². The Balaban J connectivity index is 3.09. The molecule has 3 N–H and O–H groups in total. The fraction of sp³-hybridized carbons (Fsp3) is 0.889. The zero-order chi connectivity index (χ0) is 11.6. The number of alkyl halides is 3. The Morgan fingerprint density at radius 3 is 2.27 bits per heavy atom. The number of hydrogen-bond donors (Lipinski definition) is 2. The Hall–Kier alpha value is -0.780. The van der Waals surface area contributed by atoms with Gasteiger partial charge in [0.05, 0.1) is 0 Å². The Morgan fingerprint density at radius 1 is 1.07 bits per heavy atom. The molecular weight excluding hydrogens is 207 g/mol. The van der Waals surface area contributed by atoms with Crippen molar-refractivity contribution in [2.75, 3.05) is 0 Å². The number of unbranched alkanes of at least 4 members (excludes halogenated alkanes) is 5. The van der Waals surface area contributed by atoms with Crippen LogP contribution in [0.25, 0.3) is 0 Å². The molecule has 90 valence electrons. The third-order valence-electron chi connectivity index (χ3n) is 1.96. The Morgan fingerprint density at radius 2 is 1.67 bits per heavy atom. The van der Waals surface area contributed by atoms with E-state index in [1.807, 2.05) is 0 Å². The number of hydrazine groups is 1. The Labute approximate surface area is 87.9 Å². The summed E-state index contributed by atoms with van der Waals surface area (Å²) in [6, 6.07) is 0. The first-order valence-corrected chi connectivity index (χ1v) is 5.10. The maximum Gasteiger partial charge on any atom is 0.389 e. The lowest BCUT2D eigenvalue weighted by molar-refractivity contribution is -0.135. The van der Waals surface area contributed by atoms with Gasteiger partial charge in [0.1, 0.15) is 0 Å². The largest absolute Gasteiger partial charge is 0.389 e. The molecule has 0 aromatic heterocycles. The third-order valence-corrected chi connectivity index (χ3v) is 1.96. The fourth-order valence-corrected chi connectivity index (χ4v) is 1.21. The van der Waals surface area contributed by atoms with Crippen LogP contribution in [-0.4, -0.2) is 12.4 Å². The summed E-state index contributed by atoms with van der Waals surface area (Å²) in [6.07, 6.45) is 1.42. The zero-order valence-corrected chi connectivity index (χ0v) is 8.69. The lowest BCUT2D eigenvalue weighted by atomic mass is 10.1. The summed E-state index contributed by atoms with van der Waals surface area (Å²) >= 11 is 0. The number of nitrogens with two attached hydrogens (primary N) is 1. The summed E-state index contributed by atoms with van der Waals surface area (Å²) in [6.45, 7) is 0. The van der Waals surface area contributed by atoms with Crippen LogP contribution in [-0.2, 0) is 0 Å². The highest BCUT2D eigenvalue weighted by atomic mass is 19.4. The van der Waals surface area contributed by atoms with E-state index in [1.54, 1.807) is 6.21 Å². The van der Waals surface area contributed by atoms with Gasteiger partial charge >= 0.3 is 6.18 Å². The number of nitrogens with zero attached hydrogens (tertiary/aromatic N) is 1. The van der Waals surface area contributed by atoms with Gasteiger partial charge in [-0.05, 0) is 19.3 Å². The number of hydrazone groups is 1. The topological polar surface area (TPSA) is 50.4 Å². The van der Waals surface area contributed by atoms with Gasteiger partial charge in [-0.25, -0.2) is 11.4 Å². The van der Waals surface area contributed by atoms with Crippen molar-refractivity contribution in [3.63, 3.8) is 0 Å². The molecule has 0 heterocycles. The monoisotopic (exact) mass is 225 g/mol. The number of hydrogen-bond acceptors (Lipinski definition) is 3. The van der Waals surface area contributed by atoms with E-state index in [1.165, 1.54) is 0 Å². The molecule has 0 amide bonds. The van der Waals surface area contributed by atoms with E-state index in [0.717, 1.165) is 25.7 Å². The van der Waals surface area contributed by atoms with E-state index >= 15 is 0 Å². The van der Waals surface area contributed by atoms with Gasteiger partial charge < -0.3 is 0 Å². The normalized spacial score (nSPS) is 12.3. The second kappa shape index (κ2) is 8.52. The van der Waals surface area contributed by atoms with Crippen LogP contribution in [0.4, 0.5) is 13.2 Å². The van der Waals surface area contributed by atoms with E-state index in [0.29, 0.717) is 6.42 Å². The molecular formula is C9H18F3N3. The predicted octanol–water partition coefficient (Wildman–Crippen LogP) is 2.73. The summed E-state index contributed by atoms with van der Waals surface area (Å²) in [5, 5.41) is 3.59. The number of halogens is 3. The highest BCUT2D eigenvalue weighted by molar-refractivity contribution is 5.56. The van der Waals surface area contributed by atoms with Gasteiger partial charge in [0.25, 0.3) is 0 Å². The Bertz CT molecular complexity index is 168. The summed E-state index contributed by atoms with van der Waals surface area (Å²) < 4.78 is 35.2. The average Bonchev–Trinajstić information content (AvgIpc) is 2.14. The molecule has 6 heteroatoms. The lowest BCUT2D eigenvalue weighted by Gasteiger charge is -2.04. The van der Waals surface area contributed by atoms with Crippen LogP contribution in [0, 0.1) is 0 Å². The Kier molecular flexibility index (Phi) is 8.08. The molecule has 0 aromatic carbocycles. The second-order valence-electron chi connectivity index (χ2n) is 3.36. The summed E-state index contributed by atoms with van der Waals surface area (Å²) in [5.74, 6) is 4.90. The van der Waals surface area contributed by atoms with E-state index in [4.69, 9.17) is 5.84 Å². The molecule has 0 aliphatic heterocycles. The average molecular weight is 225 g/mol. The zero-order valence-electron chi connectivity index (χ0n) is 8.69. The van der Waals surface area contributed by atoms with Gasteiger partial charge in [-0.1, -0.05) is 19.3 Å². The molecule has 0 atom stereocenters. The van der Waals surface area contributed by atoms with E-state index in [2.05, 4.69) is 10.6 Å². The van der Waals surface area contributed by atoms with Crippen LogP contribution >= 0.6 is 0 Å². The van der Waals surface area contributed by atoms with Crippen molar-refractivity contribution in [2.24, 2.45) is 10.9 Å². The molecule has 0 aliphatic rings. The molecule has 3 nitrogen and oxygen atoms in total. The van der Waals surface area contributed by atoms with Crippen LogP contribution in [0.1, 0.15) is 44.9 Å². The van der Waals surface area contributed by atoms with Crippen molar-refractivity contribution in [3.8, 4) is 0 Å². The maximum absolute atomic E-state index is 11.7. The molecule has 0 radical (unpaired) electrons. The summed E-state index contributed by atoms with van der Waals surface area (Å²) in [4.78, 5) is 0. The molecule has 0 unspecified atom stereocenters. The van der Waals surface area contributed by atoms with Gasteiger partial charge in [-0.2, -0.15) is 18.3 Å². The molecule has 0 spiro atoms. The molecule has 0 rings (SSSR count). The standard InChI is InChI=1S/C9H18F3N3/c10-9(11,12)7-5-3-1-2-4-6-8-14-15-13/h8,15H,1-7,13H2/b14-8+.